The Morgan fingerprint density at radius 2 is 1.48 bits per heavy atom. The fraction of sp³-hybridized carbons (Fsp3) is 0.176. The molecule has 238 valence electrons. The lowest BCUT2D eigenvalue weighted by molar-refractivity contribution is -0.137. The van der Waals surface area contributed by atoms with Gasteiger partial charge in [0, 0.05) is 35.3 Å². The van der Waals surface area contributed by atoms with Crippen molar-refractivity contribution >= 4 is 41.0 Å². The van der Waals surface area contributed by atoms with Crippen molar-refractivity contribution in [3.05, 3.63) is 124 Å². The van der Waals surface area contributed by atoms with Crippen LogP contribution in [0.25, 0.3) is 0 Å². The Labute approximate surface area is 268 Å². The number of hydrogen-bond donors (Lipinski definition) is 2. The highest BCUT2D eigenvalue weighted by molar-refractivity contribution is 6.30. The summed E-state index contributed by atoms with van der Waals surface area (Å²) in [5.41, 5.74) is 1.18. The summed E-state index contributed by atoms with van der Waals surface area (Å²) >= 11 is 5.85. The maximum Gasteiger partial charge on any atom is 0.343 e. The normalized spacial score (nSPS) is 11.0. The van der Waals surface area contributed by atoms with Crippen LogP contribution >= 0.6 is 11.6 Å². The standard InChI is InChI=1S/C34H29ClF2N2O7/c1-34(36,37)29-18-28(45-2)16-9-24(29)17-30(40)38-26-12-7-22(8-13-26)32(43)39(20-31(41)42)19-21-3-14-27(15-4-21)46-33(44)23-5-10-25(35)11-6-23/h3-16,18H,17,19-20H2,1-2H3,(H,38,40)(H,41,42). The van der Waals surface area contributed by atoms with E-state index in [-0.39, 0.29) is 41.2 Å². The molecule has 2 N–H and O–H groups in total. The molecule has 12 heteroatoms. The summed E-state index contributed by atoms with van der Waals surface area (Å²) in [5.74, 6) is -5.63. The molecule has 0 aromatic heterocycles. The zero-order valence-electron chi connectivity index (χ0n) is 24.8. The van der Waals surface area contributed by atoms with Gasteiger partial charge in [0.1, 0.15) is 18.0 Å². The maximum atomic E-state index is 14.2. The number of rotatable bonds is 12. The van der Waals surface area contributed by atoms with E-state index in [1.807, 2.05) is 0 Å². The Kier molecular flexibility index (Phi) is 10.7. The largest absolute Gasteiger partial charge is 0.497 e. The van der Waals surface area contributed by atoms with E-state index in [0.717, 1.165) is 11.8 Å². The third kappa shape index (κ3) is 9.12. The topological polar surface area (TPSA) is 122 Å². The van der Waals surface area contributed by atoms with Crippen LogP contribution in [0, 0.1) is 0 Å². The third-order valence-electron chi connectivity index (χ3n) is 6.76. The van der Waals surface area contributed by atoms with E-state index in [9.17, 15) is 33.1 Å². The molecular weight excluding hydrogens is 622 g/mol. The van der Waals surface area contributed by atoms with Gasteiger partial charge in [0.25, 0.3) is 11.8 Å². The first-order valence-corrected chi connectivity index (χ1v) is 14.2. The van der Waals surface area contributed by atoms with E-state index in [0.29, 0.717) is 21.8 Å². The fourth-order valence-electron chi connectivity index (χ4n) is 4.50. The molecule has 4 aromatic rings. The predicted molar refractivity (Wildman–Crippen MR) is 167 cm³/mol. The van der Waals surface area contributed by atoms with E-state index < -0.39 is 36.2 Å². The van der Waals surface area contributed by atoms with Crippen molar-refractivity contribution in [1.82, 2.24) is 4.90 Å². The highest BCUT2D eigenvalue weighted by atomic mass is 35.5. The minimum absolute atomic E-state index is 0.0543. The molecule has 0 spiro atoms. The van der Waals surface area contributed by atoms with E-state index in [1.54, 1.807) is 24.3 Å². The second-order valence-electron chi connectivity index (χ2n) is 10.3. The van der Waals surface area contributed by atoms with E-state index in [1.165, 1.54) is 73.8 Å². The van der Waals surface area contributed by atoms with Gasteiger partial charge < -0.3 is 24.8 Å². The van der Waals surface area contributed by atoms with E-state index in [2.05, 4.69) is 5.32 Å². The van der Waals surface area contributed by atoms with Gasteiger partial charge in [-0.25, -0.2) is 13.6 Å². The molecular formula is C34H29ClF2N2O7. The Morgan fingerprint density at radius 3 is 2.07 bits per heavy atom. The molecule has 0 atom stereocenters. The number of carbonyl (C=O) groups excluding carboxylic acids is 3. The average molecular weight is 651 g/mol. The highest BCUT2D eigenvalue weighted by Gasteiger charge is 2.29. The molecule has 46 heavy (non-hydrogen) atoms. The maximum absolute atomic E-state index is 14.2. The number of nitrogens with one attached hydrogen (secondary N) is 1. The number of carboxylic acids is 1. The number of carbonyl (C=O) groups is 4. The van der Waals surface area contributed by atoms with E-state index >= 15 is 0 Å². The van der Waals surface area contributed by atoms with Crippen LogP contribution in [0.5, 0.6) is 11.5 Å². The summed E-state index contributed by atoms with van der Waals surface area (Å²) in [6.07, 6.45) is -0.324. The summed E-state index contributed by atoms with van der Waals surface area (Å²) in [7, 11) is 1.36. The summed E-state index contributed by atoms with van der Waals surface area (Å²) in [6.45, 7) is 0.0979. The van der Waals surface area contributed by atoms with Crippen molar-refractivity contribution in [1.29, 1.82) is 0 Å². The minimum Gasteiger partial charge on any atom is -0.497 e. The number of carboxylic acid groups (broad SMARTS) is 1. The Hall–Kier alpha value is -5.29. The van der Waals surface area contributed by atoms with Crippen LogP contribution in [0.4, 0.5) is 14.5 Å². The first-order chi connectivity index (χ1) is 21.8. The Balaban J connectivity index is 1.40. The van der Waals surface area contributed by atoms with Gasteiger partial charge in [-0.3, -0.25) is 14.4 Å². The summed E-state index contributed by atoms with van der Waals surface area (Å²) in [4.78, 5) is 51.0. The number of anilines is 1. The van der Waals surface area contributed by atoms with Crippen molar-refractivity contribution < 1.29 is 42.5 Å². The molecule has 0 radical (unpaired) electrons. The monoisotopic (exact) mass is 650 g/mol. The third-order valence-corrected chi connectivity index (χ3v) is 7.01. The van der Waals surface area contributed by atoms with Crippen molar-refractivity contribution in [3.8, 4) is 11.5 Å². The van der Waals surface area contributed by atoms with Crippen LogP contribution in [-0.2, 0) is 28.5 Å². The average Bonchev–Trinajstić information content (AvgIpc) is 3.01. The van der Waals surface area contributed by atoms with Gasteiger partial charge >= 0.3 is 11.9 Å². The van der Waals surface area contributed by atoms with Gasteiger partial charge in [0.15, 0.2) is 0 Å². The van der Waals surface area contributed by atoms with Crippen molar-refractivity contribution in [3.63, 3.8) is 0 Å². The molecule has 2 amide bonds. The Morgan fingerprint density at radius 1 is 0.870 bits per heavy atom. The smallest absolute Gasteiger partial charge is 0.343 e. The number of esters is 1. The first kappa shape index (κ1) is 33.6. The van der Waals surface area contributed by atoms with Gasteiger partial charge in [-0.15, -0.1) is 0 Å². The molecule has 0 saturated heterocycles. The fourth-order valence-corrected chi connectivity index (χ4v) is 4.63. The van der Waals surface area contributed by atoms with Gasteiger partial charge in [-0.2, -0.15) is 0 Å². The van der Waals surface area contributed by atoms with Crippen LogP contribution < -0.4 is 14.8 Å². The lowest BCUT2D eigenvalue weighted by atomic mass is 9.99. The Bertz CT molecular complexity index is 1720. The lowest BCUT2D eigenvalue weighted by Gasteiger charge is -2.21. The number of nitrogens with zero attached hydrogens (tertiary/aromatic N) is 1. The number of methoxy groups -OCH3 is 1. The molecule has 0 aliphatic carbocycles. The minimum atomic E-state index is -3.19. The van der Waals surface area contributed by atoms with Crippen LogP contribution in [0.3, 0.4) is 0 Å². The number of alkyl halides is 2. The zero-order valence-corrected chi connectivity index (χ0v) is 25.5. The molecule has 4 aromatic carbocycles. The van der Waals surface area contributed by atoms with Crippen molar-refractivity contribution in [2.24, 2.45) is 0 Å². The predicted octanol–water partition coefficient (Wildman–Crippen LogP) is 6.59. The molecule has 0 fully saturated rings. The number of aliphatic carboxylic acids is 1. The van der Waals surface area contributed by atoms with Crippen LogP contribution in [-0.4, -0.2) is 47.4 Å². The summed E-state index contributed by atoms with van der Waals surface area (Å²) < 4.78 is 38.7. The molecule has 0 heterocycles. The molecule has 0 aliphatic rings. The molecule has 0 saturated carbocycles. The molecule has 9 nitrogen and oxygen atoms in total. The van der Waals surface area contributed by atoms with Crippen LogP contribution in [0.2, 0.25) is 5.02 Å². The molecule has 0 aliphatic heterocycles. The van der Waals surface area contributed by atoms with E-state index in [4.69, 9.17) is 21.1 Å². The van der Waals surface area contributed by atoms with Crippen LogP contribution in [0.1, 0.15) is 44.3 Å². The number of benzene rings is 4. The number of halogens is 3. The van der Waals surface area contributed by atoms with Gasteiger partial charge in [-0.1, -0.05) is 29.8 Å². The van der Waals surface area contributed by atoms with Gasteiger partial charge in [0.2, 0.25) is 5.91 Å². The molecule has 0 unspecified atom stereocenters. The molecule has 0 bridgehead atoms. The van der Waals surface area contributed by atoms with Gasteiger partial charge in [0.05, 0.1) is 19.1 Å². The lowest BCUT2D eigenvalue weighted by Crippen LogP contribution is -2.35. The first-order valence-electron chi connectivity index (χ1n) is 13.9. The SMILES string of the molecule is COc1ccc(CC(=O)Nc2ccc(C(=O)N(CC(=O)O)Cc3ccc(OC(=O)c4ccc(Cl)cc4)cc3)cc2)c(C(C)(F)F)c1. The number of ether oxygens (including phenoxy) is 2. The van der Waals surface area contributed by atoms with Crippen molar-refractivity contribution in [2.45, 2.75) is 25.8 Å². The molecule has 4 rings (SSSR count). The number of hydrogen-bond acceptors (Lipinski definition) is 6. The second kappa shape index (κ2) is 14.7. The second-order valence-corrected chi connectivity index (χ2v) is 10.7. The van der Waals surface area contributed by atoms with Crippen LogP contribution in [0.15, 0.2) is 91.0 Å². The summed E-state index contributed by atoms with van der Waals surface area (Å²) in [5, 5.41) is 12.5. The van der Waals surface area contributed by atoms with Gasteiger partial charge in [-0.05, 0) is 83.9 Å². The van der Waals surface area contributed by atoms with Crippen molar-refractivity contribution in [2.75, 3.05) is 19.0 Å². The zero-order chi connectivity index (χ0) is 33.4. The number of amides is 2. The summed E-state index contributed by atoms with van der Waals surface area (Å²) in [6, 6.07) is 22.3. The quantitative estimate of drug-likeness (QED) is 0.131. The highest BCUT2D eigenvalue weighted by Crippen LogP contribution is 2.33.